The Morgan fingerprint density at radius 3 is 2.62 bits per heavy atom. The minimum atomic E-state index is -0.599. The minimum Gasteiger partial charge on any atom is -0.469 e. The third-order valence-electron chi connectivity index (χ3n) is 4.00. The molecule has 4 nitrogen and oxygen atoms in total. The Morgan fingerprint density at radius 1 is 1.29 bits per heavy atom. The van der Waals surface area contributed by atoms with Crippen molar-refractivity contribution in [1.29, 1.82) is 0 Å². The fraction of sp³-hybridized carbons (Fsp3) is 0.167. The molecule has 0 spiro atoms. The maximum absolute atomic E-state index is 13.2. The van der Waals surface area contributed by atoms with Gasteiger partial charge in [0, 0.05) is 28.8 Å². The van der Waals surface area contributed by atoms with E-state index in [0.717, 1.165) is 22.2 Å². The van der Waals surface area contributed by atoms with Crippen molar-refractivity contribution >= 4 is 28.5 Å². The lowest BCUT2D eigenvalue weighted by atomic mass is 9.99. The molecule has 1 atom stereocenters. The van der Waals surface area contributed by atoms with E-state index in [1.54, 1.807) is 24.3 Å². The Labute approximate surface area is 143 Å². The van der Waals surface area contributed by atoms with Gasteiger partial charge in [0.05, 0.1) is 18.5 Å². The Morgan fingerprint density at radius 2 is 2.00 bits per heavy atom. The summed E-state index contributed by atoms with van der Waals surface area (Å²) in [5, 5.41) is 1.37. The summed E-state index contributed by atoms with van der Waals surface area (Å²) in [5.74, 6) is -1.32. The average molecular weight is 347 g/mol. The number of carbonyl (C=O) groups excluding carboxylic acids is 1. The Hall–Kier alpha value is -2.37. The summed E-state index contributed by atoms with van der Waals surface area (Å²) in [6.45, 7) is 0.113. The number of rotatable bonds is 4. The van der Waals surface area contributed by atoms with Gasteiger partial charge < -0.3 is 15.0 Å². The van der Waals surface area contributed by atoms with Gasteiger partial charge in [-0.05, 0) is 48.0 Å². The van der Waals surface area contributed by atoms with Crippen LogP contribution in [0, 0.1) is 5.82 Å². The number of esters is 1. The number of nitrogens with zero attached hydrogens (tertiary/aromatic N) is 1. The van der Waals surface area contributed by atoms with E-state index in [1.807, 2.05) is 16.8 Å². The van der Waals surface area contributed by atoms with Crippen LogP contribution in [0.2, 0.25) is 5.02 Å². The SMILES string of the molecule is COC(=O)C(CN)c1cn(-c2ccc(F)cc2)c2ccc(Cl)cc12. The summed E-state index contributed by atoms with van der Waals surface area (Å²) in [6, 6.07) is 11.5. The van der Waals surface area contributed by atoms with Gasteiger partial charge in [-0.3, -0.25) is 4.79 Å². The number of hydrogen-bond acceptors (Lipinski definition) is 3. The van der Waals surface area contributed by atoms with Crippen LogP contribution >= 0.6 is 11.6 Å². The van der Waals surface area contributed by atoms with Crippen molar-refractivity contribution in [2.45, 2.75) is 5.92 Å². The summed E-state index contributed by atoms with van der Waals surface area (Å²) >= 11 is 6.12. The molecule has 0 aliphatic rings. The number of halogens is 2. The van der Waals surface area contributed by atoms with Crippen molar-refractivity contribution in [3.63, 3.8) is 0 Å². The van der Waals surface area contributed by atoms with Crippen molar-refractivity contribution in [3.8, 4) is 5.69 Å². The lowest BCUT2D eigenvalue weighted by Crippen LogP contribution is -2.22. The highest BCUT2D eigenvalue weighted by Crippen LogP contribution is 2.32. The molecule has 0 amide bonds. The fourth-order valence-corrected chi connectivity index (χ4v) is 2.99. The van der Waals surface area contributed by atoms with Crippen LogP contribution in [0.5, 0.6) is 0 Å². The average Bonchev–Trinajstić information content (AvgIpc) is 2.94. The number of benzene rings is 2. The molecule has 0 fully saturated rings. The lowest BCUT2D eigenvalue weighted by Gasteiger charge is -2.11. The molecule has 0 aliphatic carbocycles. The maximum atomic E-state index is 13.2. The quantitative estimate of drug-likeness (QED) is 0.734. The van der Waals surface area contributed by atoms with Crippen molar-refractivity contribution < 1.29 is 13.9 Å². The van der Waals surface area contributed by atoms with E-state index in [-0.39, 0.29) is 12.4 Å². The van der Waals surface area contributed by atoms with Crippen LogP contribution in [0.4, 0.5) is 4.39 Å². The fourth-order valence-electron chi connectivity index (χ4n) is 2.81. The predicted octanol–water partition coefficient (Wildman–Crippen LogP) is 3.64. The zero-order valence-electron chi connectivity index (χ0n) is 13.0. The molecule has 124 valence electrons. The largest absolute Gasteiger partial charge is 0.469 e. The third-order valence-corrected chi connectivity index (χ3v) is 4.23. The molecule has 6 heteroatoms. The zero-order valence-corrected chi connectivity index (χ0v) is 13.8. The first-order chi connectivity index (χ1) is 11.5. The van der Waals surface area contributed by atoms with Crippen LogP contribution in [0.3, 0.4) is 0 Å². The van der Waals surface area contributed by atoms with E-state index in [2.05, 4.69) is 0 Å². The van der Waals surface area contributed by atoms with Gasteiger partial charge in [0.15, 0.2) is 0 Å². The summed E-state index contributed by atoms with van der Waals surface area (Å²) < 4.78 is 19.9. The minimum absolute atomic E-state index is 0.113. The number of nitrogens with two attached hydrogens (primary N) is 1. The molecule has 24 heavy (non-hydrogen) atoms. The van der Waals surface area contributed by atoms with E-state index in [9.17, 15) is 9.18 Å². The van der Waals surface area contributed by atoms with E-state index in [0.29, 0.717) is 5.02 Å². The highest BCUT2D eigenvalue weighted by molar-refractivity contribution is 6.31. The summed E-state index contributed by atoms with van der Waals surface area (Å²) in [6.07, 6.45) is 1.82. The van der Waals surface area contributed by atoms with Crippen LogP contribution in [-0.4, -0.2) is 24.2 Å². The second kappa shape index (κ2) is 6.63. The standard InChI is InChI=1S/C18H16ClFN2O2/c1-24-18(23)15(9-21)16-10-22(13-5-3-12(20)4-6-13)17-7-2-11(19)8-14(16)17/h2-8,10,15H,9,21H2,1H3. The molecule has 2 aromatic carbocycles. The zero-order chi connectivity index (χ0) is 17.3. The second-order valence-corrected chi connectivity index (χ2v) is 5.84. The van der Waals surface area contributed by atoms with Crippen LogP contribution in [0.1, 0.15) is 11.5 Å². The summed E-state index contributed by atoms with van der Waals surface area (Å²) in [4.78, 5) is 12.1. The number of methoxy groups -OCH3 is 1. The monoisotopic (exact) mass is 346 g/mol. The number of hydrogen-bond donors (Lipinski definition) is 1. The molecule has 0 radical (unpaired) electrons. The molecular formula is C18H16ClFN2O2. The smallest absolute Gasteiger partial charge is 0.314 e. The molecule has 0 aliphatic heterocycles. The number of aromatic nitrogens is 1. The lowest BCUT2D eigenvalue weighted by molar-refractivity contribution is -0.142. The van der Waals surface area contributed by atoms with Gasteiger partial charge in [0.25, 0.3) is 0 Å². The Balaban J connectivity index is 2.24. The maximum Gasteiger partial charge on any atom is 0.314 e. The molecule has 0 saturated carbocycles. The number of ether oxygens (including phenoxy) is 1. The van der Waals surface area contributed by atoms with Crippen molar-refractivity contribution in [2.75, 3.05) is 13.7 Å². The van der Waals surface area contributed by atoms with Gasteiger partial charge in [-0.25, -0.2) is 4.39 Å². The molecule has 0 saturated heterocycles. The van der Waals surface area contributed by atoms with Gasteiger partial charge >= 0.3 is 5.97 Å². The summed E-state index contributed by atoms with van der Waals surface area (Å²) in [5.41, 5.74) is 8.14. The van der Waals surface area contributed by atoms with Crippen LogP contribution < -0.4 is 5.73 Å². The van der Waals surface area contributed by atoms with E-state index >= 15 is 0 Å². The summed E-state index contributed by atoms with van der Waals surface area (Å²) in [7, 11) is 1.33. The van der Waals surface area contributed by atoms with E-state index < -0.39 is 11.9 Å². The number of carbonyl (C=O) groups is 1. The van der Waals surface area contributed by atoms with Gasteiger partial charge in [-0.1, -0.05) is 11.6 Å². The van der Waals surface area contributed by atoms with E-state index in [4.69, 9.17) is 22.1 Å². The third kappa shape index (κ3) is 2.88. The normalized spacial score (nSPS) is 12.3. The van der Waals surface area contributed by atoms with E-state index in [1.165, 1.54) is 19.2 Å². The first-order valence-corrected chi connectivity index (χ1v) is 7.77. The molecule has 2 N–H and O–H groups in total. The van der Waals surface area contributed by atoms with Crippen LogP contribution in [-0.2, 0) is 9.53 Å². The van der Waals surface area contributed by atoms with Crippen molar-refractivity contribution in [2.24, 2.45) is 5.73 Å². The highest BCUT2D eigenvalue weighted by Gasteiger charge is 2.24. The first kappa shape index (κ1) is 16.5. The van der Waals surface area contributed by atoms with Crippen LogP contribution in [0.25, 0.3) is 16.6 Å². The first-order valence-electron chi connectivity index (χ1n) is 7.39. The predicted molar refractivity (Wildman–Crippen MR) is 92.1 cm³/mol. The molecule has 3 aromatic rings. The van der Waals surface area contributed by atoms with Gasteiger partial charge in [0.1, 0.15) is 5.82 Å². The van der Waals surface area contributed by atoms with Gasteiger partial charge in [-0.2, -0.15) is 0 Å². The van der Waals surface area contributed by atoms with Crippen molar-refractivity contribution in [1.82, 2.24) is 4.57 Å². The van der Waals surface area contributed by atoms with Gasteiger partial charge in [0.2, 0.25) is 0 Å². The molecule has 1 heterocycles. The van der Waals surface area contributed by atoms with Gasteiger partial charge in [-0.15, -0.1) is 0 Å². The molecule has 1 unspecified atom stereocenters. The number of fused-ring (bicyclic) bond motifs is 1. The second-order valence-electron chi connectivity index (χ2n) is 5.40. The van der Waals surface area contributed by atoms with Crippen molar-refractivity contribution in [3.05, 3.63) is 65.1 Å². The molecule has 3 rings (SSSR count). The Kier molecular flexibility index (Phi) is 4.55. The topological polar surface area (TPSA) is 57.2 Å². The molecule has 0 bridgehead atoms. The molecule has 1 aromatic heterocycles. The van der Waals surface area contributed by atoms with Crippen LogP contribution in [0.15, 0.2) is 48.7 Å². The Bertz CT molecular complexity index is 890. The molecular weight excluding hydrogens is 331 g/mol. The highest BCUT2D eigenvalue weighted by atomic mass is 35.5.